The molecule has 2 N–H and O–H groups in total. The number of aliphatic hydroxyl groups excluding tert-OH is 2. The molecule has 26 heavy (non-hydrogen) atoms. The van der Waals surface area contributed by atoms with Crippen LogP contribution in [0, 0.1) is 0 Å². The first kappa shape index (κ1) is 23.8. The SMILES string of the molecule is CC/C=C\C[C@H](O)/C=C/C=C\C/C=C\C=C\[C@@H](O)/C=C\CCCC(=O)[O-]. The Labute approximate surface area is 157 Å². The van der Waals surface area contributed by atoms with Gasteiger partial charge < -0.3 is 20.1 Å². The van der Waals surface area contributed by atoms with Crippen molar-refractivity contribution in [1.82, 2.24) is 0 Å². The minimum absolute atomic E-state index is 0.0383. The third-order valence-electron chi connectivity index (χ3n) is 3.27. The fourth-order valence-corrected chi connectivity index (χ4v) is 1.91. The van der Waals surface area contributed by atoms with E-state index in [1.165, 1.54) is 0 Å². The van der Waals surface area contributed by atoms with Gasteiger partial charge in [-0.15, -0.1) is 0 Å². The van der Waals surface area contributed by atoms with Crippen molar-refractivity contribution >= 4 is 5.97 Å². The van der Waals surface area contributed by atoms with Crippen molar-refractivity contribution in [3.63, 3.8) is 0 Å². The maximum Gasteiger partial charge on any atom is 0.0905 e. The highest BCUT2D eigenvalue weighted by Gasteiger charge is 1.92. The number of rotatable bonds is 14. The summed E-state index contributed by atoms with van der Waals surface area (Å²) in [6.07, 6.45) is 24.5. The third-order valence-corrected chi connectivity index (χ3v) is 3.27. The lowest BCUT2D eigenvalue weighted by molar-refractivity contribution is -0.305. The molecule has 0 aromatic rings. The number of aliphatic carboxylic acids is 1. The first-order chi connectivity index (χ1) is 12.6. The number of carbonyl (C=O) groups excluding carboxylic acids is 1. The molecule has 0 amide bonds. The van der Waals surface area contributed by atoms with E-state index in [1.54, 1.807) is 30.4 Å². The minimum Gasteiger partial charge on any atom is -0.550 e. The van der Waals surface area contributed by atoms with Gasteiger partial charge in [0.1, 0.15) is 0 Å². The van der Waals surface area contributed by atoms with E-state index >= 15 is 0 Å². The zero-order valence-corrected chi connectivity index (χ0v) is 15.5. The van der Waals surface area contributed by atoms with Gasteiger partial charge >= 0.3 is 0 Å². The summed E-state index contributed by atoms with van der Waals surface area (Å²) in [5.41, 5.74) is 0. The van der Waals surface area contributed by atoms with E-state index in [0.29, 0.717) is 19.3 Å². The molecule has 0 radical (unpaired) electrons. The highest BCUT2D eigenvalue weighted by atomic mass is 16.4. The van der Waals surface area contributed by atoms with Crippen LogP contribution in [0.4, 0.5) is 0 Å². The maximum absolute atomic E-state index is 10.2. The van der Waals surface area contributed by atoms with Crippen molar-refractivity contribution < 1.29 is 20.1 Å². The summed E-state index contributed by atoms with van der Waals surface area (Å²) in [7, 11) is 0. The van der Waals surface area contributed by atoms with Gasteiger partial charge in [-0.05, 0) is 38.5 Å². The summed E-state index contributed by atoms with van der Waals surface area (Å²) in [6.45, 7) is 2.06. The Balaban J connectivity index is 3.87. The van der Waals surface area contributed by atoms with Crippen LogP contribution < -0.4 is 5.11 Å². The number of carbonyl (C=O) groups is 1. The quantitative estimate of drug-likeness (QED) is 0.284. The van der Waals surface area contributed by atoms with Crippen LogP contribution in [0.25, 0.3) is 0 Å². The molecule has 0 saturated carbocycles. The molecule has 0 saturated heterocycles. The smallest absolute Gasteiger partial charge is 0.0905 e. The monoisotopic (exact) mass is 359 g/mol. The maximum atomic E-state index is 10.2. The van der Waals surface area contributed by atoms with Gasteiger partial charge in [0.25, 0.3) is 0 Å². The van der Waals surface area contributed by atoms with Crippen molar-refractivity contribution in [2.24, 2.45) is 0 Å². The van der Waals surface area contributed by atoms with Gasteiger partial charge in [0.2, 0.25) is 0 Å². The Kier molecular flexibility index (Phi) is 16.2. The molecule has 0 rings (SSSR count). The third kappa shape index (κ3) is 18.2. The average molecular weight is 359 g/mol. The number of carboxylic acids is 1. The predicted octanol–water partition coefficient (Wildman–Crippen LogP) is 3.16. The van der Waals surface area contributed by atoms with E-state index in [2.05, 4.69) is 6.92 Å². The number of hydrogen-bond acceptors (Lipinski definition) is 4. The summed E-state index contributed by atoms with van der Waals surface area (Å²) in [5.74, 6) is -1.05. The second-order valence-corrected chi connectivity index (χ2v) is 5.73. The van der Waals surface area contributed by atoms with Crippen LogP contribution in [-0.2, 0) is 4.79 Å². The molecule has 0 aromatic heterocycles. The Hall–Kier alpha value is -2.17. The Bertz CT molecular complexity index is 524. The van der Waals surface area contributed by atoms with E-state index < -0.39 is 18.2 Å². The standard InChI is InChI=1S/C22H32O4/c1-2-3-10-15-20(23)16-11-7-5-4-6-8-12-17-21(24)18-13-9-14-19-22(25)26/h3,5-8,10-13,16-18,20-21,23-24H,2,4,9,14-15,19H2,1H3,(H,25,26)/p-1/b7-5-,8-6-,10-3-,16-11+,17-12+,18-13-/t20-,21+/m0/s1. The number of aliphatic hydroxyl groups is 2. The summed E-state index contributed by atoms with van der Waals surface area (Å²) < 4.78 is 0. The first-order valence-electron chi connectivity index (χ1n) is 9.10. The Morgan fingerprint density at radius 2 is 1.62 bits per heavy atom. The van der Waals surface area contributed by atoms with Crippen molar-refractivity contribution in [3.05, 3.63) is 72.9 Å². The molecule has 0 fully saturated rings. The van der Waals surface area contributed by atoms with Crippen molar-refractivity contribution in [2.45, 2.75) is 57.7 Å². The molecule has 2 atom stereocenters. The minimum atomic E-state index is -1.05. The molecule has 0 bridgehead atoms. The van der Waals surface area contributed by atoms with Crippen LogP contribution in [0.15, 0.2) is 72.9 Å². The fraction of sp³-hybridized carbons (Fsp3) is 0.409. The molecule has 0 spiro atoms. The van der Waals surface area contributed by atoms with Crippen LogP contribution in [0.3, 0.4) is 0 Å². The van der Waals surface area contributed by atoms with E-state index in [0.717, 1.165) is 12.8 Å². The Morgan fingerprint density at radius 1 is 0.923 bits per heavy atom. The number of allylic oxidation sites excluding steroid dienone is 8. The van der Waals surface area contributed by atoms with Gasteiger partial charge in [0.05, 0.1) is 12.2 Å². The van der Waals surface area contributed by atoms with Gasteiger partial charge in [-0.25, -0.2) is 0 Å². The molecule has 4 nitrogen and oxygen atoms in total. The van der Waals surface area contributed by atoms with E-state index in [1.807, 2.05) is 42.5 Å². The van der Waals surface area contributed by atoms with Crippen molar-refractivity contribution in [1.29, 1.82) is 0 Å². The second kappa shape index (κ2) is 17.6. The molecule has 0 aromatic carbocycles. The lowest BCUT2D eigenvalue weighted by Crippen LogP contribution is -2.21. The molecule has 0 heterocycles. The van der Waals surface area contributed by atoms with E-state index in [9.17, 15) is 20.1 Å². The van der Waals surface area contributed by atoms with E-state index in [-0.39, 0.29) is 6.42 Å². The number of carboxylic acid groups (broad SMARTS) is 1. The van der Waals surface area contributed by atoms with Gasteiger partial charge in [-0.3, -0.25) is 0 Å². The lowest BCUT2D eigenvalue weighted by atomic mass is 10.2. The molecule has 0 unspecified atom stereocenters. The predicted molar refractivity (Wildman–Crippen MR) is 105 cm³/mol. The van der Waals surface area contributed by atoms with E-state index in [4.69, 9.17) is 0 Å². The molecule has 0 aliphatic rings. The van der Waals surface area contributed by atoms with Crippen molar-refractivity contribution in [3.8, 4) is 0 Å². The summed E-state index contributed by atoms with van der Waals surface area (Å²) in [5, 5.41) is 29.6. The summed E-state index contributed by atoms with van der Waals surface area (Å²) in [4.78, 5) is 10.2. The average Bonchev–Trinajstić information content (AvgIpc) is 2.60. The van der Waals surface area contributed by atoms with Gasteiger partial charge in [0.15, 0.2) is 0 Å². The fourth-order valence-electron chi connectivity index (χ4n) is 1.91. The van der Waals surface area contributed by atoms with Gasteiger partial charge in [-0.1, -0.05) is 79.8 Å². The zero-order valence-electron chi connectivity index (χ0n) is 15.5. The molecule has 144 valence electrons. The topological polar surface area (TPSA) is 80.6 Å². The first-order valence-corrected chi connectivity index (χ1v) is 9.10. The highest BCUT2D eigenvalue weighted by molar-refractivity contribution is 5.64. The second-order valence-electron chi connectivity index (χ2n) is 5.73. The van der Waals surface area contributed by atoms with Crippen LogP contribution in [-0.4, -0.2) is 28.4 Å². The van der Waals surface area contributed by atoms with Crippen LogP contribution in [0.1, 0.15) is 45.4 Å². The highest BCUT2D eigenvalue weighted by Crippen LogP contribution is 1.99. The zero-order chi connectivity index (χ0) is 19.5. The largest absolute Gasteiger partial charge is 0.550 e. The van der Waals surface area contributed by atoms with Gasteiger partial charge in [0, 0.05) is 5.97 Å². The van der Waals surface area contributed by atoms with Crippen LogP contribution in [0.5, 0.6) is 0 Å². The molecule has 0 aliphatic heterocycles. The molecular weight excluding hydrogens is 328 g/mol. The molecule has 4 heteroatoms. The number of hydrogen-bond donors (Lipinski definition) is 2. The lowest BCUT2D eigenvalue weighted by Gasteiger charge is -1.99. The Morgan fingerprint density at radius 3 is 2.27 bits per heavy atom. The molecular formula is C22H31O4-. The van der Waals surface area contributed by atoms with Crippen molar-refractivity contribution in [2.75, 3.05) is 0 Å². The van der Waals surface area contributed by atoms with Crippen LogP contribution >= 0.6 is 0 Å². The normalized spacial score (nSPS) is 15.5. The summed E-state index contributed by atoms with van der Waals surface area (Å²) in [6, 6.07) is 0. The summed E-state index contributed by atoms with van der Waals surface area (Å²) >= 11 is 0. The molecule has 0 aliphatic carbocycles. The van der Waals surface area contributed by atoms with Crippen LogP contribution in [0.2, 0.25) is 0 Å². The number of unbranched alkanes of at least 4 members (excludes halogenated alkanes) is 1. The van der Waals surface area contributed by atoms with Gasteiger partial charge in [-0.2, -0.15) is 0 Å².